The van der Waals surface area contributed by atoms with Gasteiger partial charge in [-0.1, -0.05) is 30.8 Å². The molecule has 1 aromatic heterocycles. The van der Waals surface area contributed by atoms with Crippen LogP contribution in [0, 0.1) is 0 Å². The first-order valence-electron chi connectivity index (χ1n) is 5.76. The lowest BCUT2D eigenvalue weighted by Gasteiger charge is -2.12. The topological polar surface area (TPSA) is 28.7 Å². The van der Waals surface area contributed by atoms with Crippen molar-refractivity contribution < 1.29 is 13.2 Å². The van der Waals surface area contributed by atoms with Crippen molar-refractivity contribution in [1.82, 2.24) is 9.97 Å². The number of hydrogen-bond donors (Lipinski definition) is 1. The third-order valence-corrected chi connectivity index (χ3v) is 3.91. The summed E-state index contributed by atoms with van der Waals surface area (Å²) in [5, 5.41) is 0.818. The molecule has 0 aliphatic heterocycles. The van der Waals surface area contributed by atoms with Gasteiger partial charge in [-0.3, -0.25) is 0 Å². The van der Waals surface area contributed by atoms with Crippen LogP contribution >= 0.6 is 11.8 Å². The highest BCUT2D eigenvalue weighted by atomic mass is 32.2. The van der Waals surface area contributed by atoms with E-state index in [-0.39, 0.29) is 5.92 Å². The highest BCUT2D eigenvalue weighted by Crippen LogP contribution is 2.31. The summed E-state index contributed by atoms with van der Waals surface area (Å²) >= 11 is 1.55. The molecule has 0 saturated carbocycles. The van der Waals surface area contributed by atoms with E-state index in [2.05, 4.69) is 9.97 Å². The van der Waals surface area contributed by atoms with E-state index in [1.807, 2.05) is 6.92 Å². The summed E-state index contributed by atoms with van der Waals surface area (Å²) in [6, 6.07) is 5.33. The summed E-state index contributed by atoms with van der Waals surface area (Å²) in [4.78, 5) is 7.06. The zero-order valence-corrected chi connectivity index (χ0v) is 11.1. The Morgan fingerprint density at radius 2 is 1.95 bits per heavy atom. The van der Waals surface area contributed by atoms with Gasteiger partial charge in [-0.25, -0.2) is 4.98 Å². The molecule has 0 bridgehead atoms. The number of aromatic amines is 1. The molecule has 0 amide bonds. The second-order valence-electron chi connectivity index (χ2n) is 4.23. The monoisotopic (exact) mass is 286 g/mol. The molecule has 0 radical (unpaired) electrons. The van der Waals surface area contributed by atoms with Crippen molar-refractivity contribution in [2.75, 3.05) is 5.75 Å². The van der Waals surface area contributed by atoms with Gasteiger partial charge in [-0.2, -0.15) is 13.2 Å². The van der Waals surface area contributed by atoms with Crippen molar-refractivity contribution >= 4 is 11.8 Å². The number of thioether (sulfide) groups is 1. The molecule has 0 saturated heterocycles. The van der Waals surface area contributed by atoms with Gasteiger partial charge < -0.3 is 4.98 Å². The first-order valence-corrected chi connectivity index (χ1v) is 6.74. The van der Waals surface area contributed by atoms with Gasteiger partial charge in [0.25, 0.3) is 0 Å². The minimum absolute atomic E-state index is 0.164. The molecule has 2 rings (SSSR count). The van der Waals surface area contributed by atoms with Crippen LogP contribution in [0.4, 0.5) is 13.2 Å². The molecule has 0 fully saturated rings. The van der Waals surface area contributed by atoms with Crippen molar-refractivity contribution in [2.45, 2.75) is 24.2 Å². The third-order valence-electron chi connectivity index (χ3n) is 2.75. The van der Waals surface area contributed by atoms with E-state index in [1.54, 1.807) is 24.2 Å². The number of alkyl halides is 3. The lowest BCUT2D eigenvalue weighted by Crippen LogP contribution is -2.05. The Labute approximate surface area is 113 Å². The number of aromatic nitrogens is 2. The van der Waals surface area contributed by atoms with Gasteiger partial charge in [-0.05, 0) is 23.6 Å². The summed E-state index contributed by atoms with van der Waals surface area (Å²) in [6.45, 7) is 1.98. The second kappa shape index (κ2) is 5.69. The number of nitrogens with one attached hydrogen (secondary N) is 1. The Morgan fingerprint density at radius 1 is 1.26 bits per heavy atom. The van der Waals surface area contributed by atoms with Gasteiger partial charge in [0.1, 0.15) is 0 Å². The van der Waals surface area contributed by atoms with Crippen LogP contribution in [0.1, 0.15) is 24.0 Å². The Morgan fingerprint density at radius 3 is 2.47 bits per heavy atom. The number of benzene rings is 1. The molecule has 0 spiro atoms. The van der Waals surface area contributed by atoms with Crippen LogP contribution in [-0.2, 0) is 6.18 Å². The molecule has 1 atom stereocenters. The minimum atomic E-state index is -4.27. The Bertz CT molecular complexity index is 506. The van der Waals surface area contributed by atoms with Gasteiger partial charge in [0.15, 0.2) is 5.16 Å². The maximum Gasteiger partial charge on any atom is 0.416 e. The van der Waals surface area contributed by atoms with E-state index >= 15 is 0 Å². The Hall–Kier alpha value is -1.43. The lowest BCUT2D eigenvalue weighted by molar-refractivity contribution is -0.137. The van der Waals surface area contributed by atoms with Crippen molar-refractivity contribution in [3.8, 4) is 0 Å². The molecular formula is C13H13F3N2S. The number of imidazole rings is 1. The first-order chi connectivity index (χ1) is 8.97. The van der Waals surface area contributed by atoms with Crippen molar-refractivity contribution in [3.05, 3.63) is 47.8 Å². The van der Waals surface area contributed by atoms with Crippen LogP contribution in [0.2, 0.25) is 0 Å². The summed E-state index contributed by atoms with van der Waals surface area (Å²) in [6.07, 6.45) is -0.860. The standard InChI is InChI=1S/C13H13F3N2S/c1-9(8-19-12-17-6-7-18-12)10-2-4-11(5-3-10)13(14,15)16/h2-7,9H,8H2,1H3,(H,17,18). The molecule has 6 heteroatoms. The molecule has 1 heterocycles. The molecule has 0 aliphatic rings. The SMILES string of the molecule is CC(CSc1ncc[nH]1)c1ccc(C(F)(F)F)cc1. The maximum absolute atomic E-state index is 12.4. The fraction of sp³-hybridized carbons (Fsp3) is 0.308. The summed E-state index contributed by atoms with van der Waals surface area (Å²) in [5.41, 5.74) is 0.286. The fourth-order valence-electron chi connectivity index (χ4n) is 1.63. The maximum atomic E-state index is 12.4. The molecule has 19 heavy (non-hydrogen) atoms. The van der Waals surface area contributed by atoms with Crippen LogP contribution in [0.5, 0.6) is 0 Å². The van der Waals surface area contributed by atoms with Crippen molar-refractivity contribution in [1.29, 1.82) is 0 Å². The lowest BCUT2D eigenvalue weighted by atomic mass is 10.0. The highest BCUT2D eigenvalue weighted by molar-refractivity contribution is 7.99. The van der Waals surface area contributed by atoms with Gasteiger partial charge in [0.2, 0.25) is 0 Å². The average molecular weight is 286 g/mol. The average Bonchev–Trinajstić information content (AvgIpc) is 2.88. The summed E-state index contributed by atoms with van der Waals surface area (Å²) in [5.74, 6) is 0.927. The molecule has 102 valence electrons. The summed E-state index contributed by atoms with van der Waals surface area (Å²) in [7, 11) is 0. The van der Waals surface area contributed by atoms with E-state index in [9.17, 15) is 13.2 Å². The fourth-order valence-corrected chi connectivity index (χ4v) is 2.52. The largest absolute Gasteiger partial charge is 0.416 e. The Balaban J connectivity index is 1.97. The van der Waals surface area contributed by atoms with Crippen LogP contribution in [-0.4, -0.2) is 15.7 Å². The molecule has 0 aliphatic carbocycles. The van der Waals surface area contributed by atoms with Crippen LogP contribution in [0.3, 0.4) is 0 Å². The predicted octanol–water partition coefficient (Wildman–Crippen LogP) is 4.32. The first kappa shape index (κ1) is 14.0. The van der Waals surface area contributed by atoms with Crippen LogP contribution in [0.15, 0.2) is 41.8 Å². The van der Waals surface area contributed by atoms with E-state index < -0.39 is 11.7 Å². The van der Waals surface area contributed by atoms with Gasteiger partial charge >= 0.3 is 6.18 Å². The summed E-state index contributed by atoms with van der Waals surface area (Å²) < 4.78 is 37.3. The minimum Gasteiger partial charge on any atom is -0.340 e. The molecule has 1 unspecified atom stereocenters. The van der Waals surface area contributed by atoms with E-state index in [1.165, 1.54) is 12.1 Å². The number of H-pyrrole nitrogens is 1. The molecule has 1 aromatic carbocycles. The third kappa shape index (κ3) is 3.76. The zero-order chi connectivity index (χ0) is 13.9. The molecule has 2 aromatic rings. The van der Waals surface area contributed by atoms with E-state index in [0.717, 1.165) is 28.6 Å². The number of rotatable bonds is 4. The van der Waals surface area contributed by atoms with E-state index in [4.69, 9.17) is 0 Å². The quantitative estimate of drug-likeness (QED) is 0.848. The predicted molar refractivity (Wildman–Crippen MR) is 69.2 cm³/mol. The number of hydrogen-bond acceptors (Lipinski definition) is 2. The van der Waals surface area contributed by atoms with Crippen molar-refractivity contribution in [2.24, 2.45) is 0 Å². The number of halogens is 3. The second-order valence-corrected chi connectivity index (χ2v) is 5.23. The van der Waals surface area contributed by atoms with E-state index in [0.29, 0.717) is 0 Å². The zero-order valence-electron chi connectivity index (χ0n) is 10.2. The Kier molecular flexibility index (Phi) is 4.19. The van der Waals surface area contributed by atoms with Gasteiger partial charge in [-0.15, -0.1) is 0 Å². The molecule has 1 N–H and O–H groups in total. The highest BCUT2D eigenvalue weighted by Gasteiger charge is 2.30. The smallest absolute Gasteiger partial charge is 0.340 e. The molecular weight excluding hydrogens is 273 g/mol. The molecule has 2 nitrogen and oxygen atoms in total. The normalized spacial score (nSPS) is 13.5. The van der Waals surface area contributed by atoms with Crippen LogP contribution in [0.25, 0.3) is 0 Å². The van der Waals surface area contributed by atoms with Gasteiger partial charge in [0.05, 0.1) is 5.56 Å². The van der Waals surface area contributed by atoms with Crippen molar-refractivity contribution in [3.63, 3.8) is 0 Å². The number of nitrogens with zero attached hydrogens (tertiary/aromatic N) is 1. The van der Waals surface area contributed by atoms with Crippen LogP contribution < -0.4 is 0 Å². The van der Waals surface area contributed by atoms with Gasteiger partial charge in [0, 0.05) is 18.1 Å².